The number of amides is 1. The molecule has 0 aliphatic rings. The van der Waals surface area contributed by atoms with E-state index < -0.39 is 0 Å². The highest BCUT2D eigenvalue weighted by Gasteiger charge is 2.12. The second kappa shape index (κ2) is 13.4. The quantitative estimate of drug-likeness (QED) is 0.183. The van der Waals surface area contributed by atoms with Gasteiger partial charge >= 0.3 is 0 Å². The fourth-order valence-electron chi connectivity index (χ4n) is 3.51. The monoisotopic (exact) mass is 501 g/mol. The lowest BCUT2D eigenvalue weighted by atomic mass is 10.1. The average Bonchev–Trinajstić information content (AvgIpc) is 2.93. The fourth-order valence-corrected chi connectivity index (χ4v) is 3.51. The molecule has 0 fully saturated rings. The number of hydrogen-bond donors (Lipinski definition) is 1. The summed E-state index contributed by atoms with van der Waals surface area (Å²) in [7, 11) is 6.28. The molecule has 0 spiro atoms. The molecule has 0 saturated carbocycles. The van der Waals surface area contributed by atoms with Gasteiger partial charge in [-0.1, -0.05) is 36.9 Å². The van der Waals surface area contributed by atoms with Crippen molar-refractivity contribution in [2.24, 2.45) is 0 Å². The maximum Gasteiger partial charge on any atom is 0.248 e. The zero-order chi connectivity index (χ0) is 26.6. The molecule has 7 nitrogen and oxygen atoms in total. The van der Waals surface area contributed by atoms with Crippen molar-refractivity contribution >= 4 is 29.8 Å². The van der Waals surface area contributed by atoms with Gasteiger partial charge in [-0.25, -0.2) is 0 Å². The summed E-state index contributed by atoms with van der Waals surface area (Å²) in [5.41, 5.74) is 3.06. The van der Waals surface area contributed by atoms with Gasteiger partial charge in [0.15, 0.2) is 11.5 Å². The molecule has 0 heterocycles. The molecule has 0 saturated heterocycles. The molecule has 192 valence electrons. The smallest absolute Gasteiger partial charge is 0.248 e. The summed E-state index contributed by atoms with van der Waals surface area (Å²) in [6.45, 7) is 4.06. The van der Waals surface area contributed by atoms with E-state index in [1.54, 1.807) is 46.7 Å². The molecule has 0 radical (unpaired) electrons. The number of rotatable bonds is 12. The van der Waals surface area contributed by atoms with E-state index in [0.29, 0.717) is 41.0 Å². The van der Waals surface area contributed by atoms with E-state index >= 15 is 0 Å². The Bertz CT molecular complexity index is 1270. The molecule has 0 aliphatic carbocycles. The van der Waals surface area contributed by atoms with Crippen LogP contribution in [0.1, 0.15) is 16.7 Å². The second-order valence-corrected chi connectivity index (χ2v) is 7.74. The van der Waals surface area contributed by atoms with Crippen LogP contribution in [0.5, 0.6) is 28.7 Å². The van der Waals surface area contributed by atoms with Crippen LogP contribution in [0.25, 0.3) is 18.2 Å². The molecule has 1 amide bonds. The van der Waals surface area contributed by atoms with Gasteiger partial charge < -0.3 is 29.0 Å². The van der Waals surface area contributed by atoms with Crippen LogP contribution in [-0.2, 0) is 4.79 Å². The Balaban J connectivity index is 1.83. The van der Waals surface area contributed by atoms with Gasteiger partial charge in [-0.3, -0.25) is 4.79 Å². The minimum absolute atomic E-state index is 0.284. The molecule has 0 atom stereocenters. The SMILES string of the molecule is C=CCOc1cccc(/C=C/C(=O)Nc2cc(OC)ccc2C=Cc2cc(OC)c(OC)c(OC)c2)c1. The maximum absolute atomic E-state index is 12.8. The molecule has 1 N–H and O–H groups in total. The predicted octanol–water partition coefficient (Wildman–Crippen LogP) is 6.11. The molecule has 0 bridgehead atoms. The summed E-state index contributed by atoms with van der Waals surface area (Å²) >= 11 is 0. The molecule has 0 aromatic heterocycles. The summed E-state index contributed by atoms with van der Waals surface area (Å²) in [4.78, 5) is 12.8. The number of carbonyl (C=O) groups is 1. The van der Waals surface area contributed by atoms with Crippen LogP contribution in [0.4, 0.5) is 5.69 Å². The molecule has 3 aromatic rings. The normalized spacial score (nSPS) is 10.8. The van der Waals surface area contributed by atoms with Gasteiger partial charge in [0, 0.05) is 12.1 Å². The third-order valence-electron chi connectivity index (χ3n) is 5.31. The Morgan fingerprint density at radius 2 is 1.57 bits per heavy atom. The molecule has 0 unspecified atom stereocenters. The zero-order valence-corrected chi connectivity index (χ0v) is 21.4. The number of benzene rings is 3. The van der Waals surface area contributed by atoms with E-state index in [2.05, 4.69) is 11.9 Å². The number of carbonyl (C=O) groups excluding carboxylic acids is 1. The van der Waals surface area contributed by atoms with E-state index in [4.69, 9.17) is 23.7 Å². The van der Waals surface area contributed by atoms with Crippen LogP contribution in [0.15, 0.2) is 73.3 Å². The molecule has 7 heteroatoms. The van der Waals surface area contributed by atoms with Gasteiger partial charge in [-0.05, 0) is 59.2 Å². The Hall–Kier alpha value is -4.65. The molecular formula is C30H31NO6. The summed E-state index contributed by atoms with van der Waals surface area (Å²) in [5.74, 6) is 2.66. The highest BCUT2D eigenvalue weighted by Crippen LogP contribution is 2.38. The molecule has 0 aliphatic heterocycles. The van der Waals surface area contributed by atoms with Gasteiger partial charge in [0.25, 0.3) is 0 Å². The first-order valence-corrected chi connectivity index (χ1v) is 11.5. The first-order chi connectivity index (χ1) is 18.0. The van der Waals surface area contributed by atoms with Gasteiger partial charge in [-0.2, -0.15) is 0 Å². The van der Waals surface area contributed by atoms with Gasteiger partial charge in [0.1, 0.15) is 18.1 Å². The molecular weight excluding hydrogens is 470 g/mol. The first-order valence-electron chi connectivity index (χ1n) is 11.5. The summed E-state index contributed by atoms with van der Waals surface area (Å²) in [5, 5.41) is 2.93. The number of anilines is 1. The van der Waals surface area contributed by atoms with Gasteiger partial charge in [0.05, 0.1) is 34.1 Å². The lowest BCUT2D eigenvalue weighted by molar-refractivity contribution is -0.111. The third-order valence-corrected chi connectivity index (χ3v) is 5.31. The first kappa shape index (κ1) is 26.9. The largest absolute Gasteiger partial charge is 0.497 e. The highest BCUT2D eigenvalue weighted by molar-refractivity contribution is 6.03. The van der Waals surface area contributed by atoms with Crippen LogP contribution in [0, 0.1) is 0 Å². The van der Waals surface area contributed by atoms with E-state index in [1.165, 1.54) is 6.08 Å². The summed E-state index contributed by atoms with van der Waals surface area (Å²) < 4.78 is 27.2. The summed E-state index contributed by atoms with van der Waals surface area (Å²) in [6.07, 6.45) is 8.66. The predicted molar refractivity (Wildman–Crippen MR) is 148 cm³/mol. The Morgan fingerprint density at radius 1 is 0.811 bits per heavy atom. The standard InChI is InChI=1S/C30H31NO6/c1-6-16-37-25-9-7-8-21(17-25)11-15-29(32)31-26-20-24(33-2)14-13-23(26)12-10-22-18-27(34-3)30(36-5)28(19-22)35-4/h6-15,17-20H,1,16H2,2-5H3,(H,31,32)/b12-10?,15-11+. The number of ether oxygens (including phenoxy) is 5. The van der Waals surface area contributed by atoms with Crippen LogP contribution in [0.2, 0.25) is 0 Å². The van der Waals surface area contributed by atoms with Crippen molar-refractivity contribution in [2.45, 2.75) is 0 Å². The van der Waals surface area contributed by atoms with Crippen molar-refractivity contribution in [3.05, 3.63) is 90.0 Å². The van der Waals surface area contributed by atoms with E-state index in [1.807, 2.05) is 60.7 Å². The molecule has 37 heavy (non-hydrogen) atoms. The van der Waals surface area contributed by atoms with Gasteiger partial charge in [0.2, 0.25) is 11.7 Å². The zero-order valence-electron chi connectivity index (χ0n) is 21.4. The number of methoxy groups -OCH3 is 4. The van der Waals surface area contributed by atoms with Crippen LogP contribution in [-0.4, -0.2) is 41.0 Å². The van der Waals surface area contributed by atoms with Crippen LogP contribution < -0.4 is 29.0 Å². The van der Waals surface area contributed by atoms with Crippen molar-refractivity contribution in [1.29, 1.82) is 0 Å². The lowest BCUT2D eigenvalue weighted by Crippen LogP contribution is -2.09. The van der Waals surface area contributed by atoms with Crippen molar-refractivity contribution in [3.63, 3.8) is 0 Å². The Labute approximate surface area is 217 Å². The van der Waals surface area contributed by atoms with Crippen LogP contribution >= 0.6 is 0 Å². The Kier molecular flexibility index (Phi) is 9.79. The van der Waals surface area contributed by atoms with E-state index in [9.17, 15) is 4.79 Å². The van der Waals surface area contributed by atoms with Crippen molar-refractivity contribution in [3.8, 4) is 28.7 Å². The van der Waals surface area contributed by atoms with Crippen LogP contribution in [0.3, 0.4) is 0 Å². The summed E-state index contributed by atoms with van der Waals surface area (Å²) in [6, 6.07) is 16.6. The highest BCUT2D eigenvalue weighted by atomic mass is 16.5. The van der Waals surface area contributed by atoms with Crippen molar-refractivity contribution in [1.82, 2.24) is 0 Å². The number of nitrogens with one attached hydrogen (secondary N) is 1. The maximum atomic E-state index is 12.8. The van der Waals surface area contributed by atoms with E-state index in [0.717, 1.165) is 16.7 Å². The third kappa shape index (κ3) is 7.41. The van der Waals surface area contributed by atoms with Crippen molar-refractivity contribution in [2.75, 3.05) is 40.4 Å². The number of hydrogen-bond acceptors (Lipinski definition) is 6. The average molecular weight is 502 g/mol. The fraction of sp³-hybridized carbons (Fsp3) is 0.167. The minimum Gasteiger partial charge on any atom is -0.497 e. The molecule has 3 rings (SSSR count). The van der Waals surface area contributed by atoms with E-state index in [-0.39, 0.29) is 5.91 Å². The second-order valence-electron chi connectivity index (χ2n) is 7.74. The minimum atomic E-state index is -0.284. The van der Waals surface area contributed by atoms with Crippen molar-refractivity contribution < 1.29 is 28.5 Å². The molecule has 3 aromatic carbocycles. The van der Waals surface area contributed by atoms with Gasteiger partial charge in [-0.15, -0.1) is 0 Å². The Morgan fingerprint density at radius 3 is 2.22 bits per heavy atom. The topological polar surface area (TPSA) is 75.3 Å². The lowest BCUT2D eigenvalue weighted by Gasteiger charge is -2.13.